The number of piperazine rings is 1. The summed E-state index contributed by atoms with van der Waals surface area (Å²) in [5, 5.41) is 8.75. The highest BCUT2D eigenvalue weighted by atomic mass is 19.4. The van der Waals surface area contributed by atoms with Crippen LogP contribution in [0.15, 0.2) is 42.9 Å². The number of carbonyl (C=O) groups is 1. The van der Waals surface area contributed by atoms with Gasteiger partial charge < -0.3 is 14.5 Å². The number of benzene rings is 1. The fourth-order valence-corrected chi connectivity index (χ4v) is 4.26. The maximum Gasteiger partial charge on any atom is 0.416 e. The third kappa shape index (κ3) is 4.75. The van der Waals surface area contributed by atoms with E-state index in [-0.39, 0.29) is 6.04 Å². The van der Waals surface area contributed by atoms with Crippen molar-refractivity contribution in [3.63, 3.8) is 0 Å². The molecule has 2 atom stereocenters. The molecule has 1 unspecified atom stereocenters. The Morgan fingerprint density at radius 2 is 1.74 bits per heavy atom. The number of anilines is 2. The highest BCUT2D eigenvalue weighted by Gasteiger charge is 2.39. The summed E-state index contributed by atoms with van der Waals surface area (Å²) in [6, 6.07) is 4.14. The van der Waals surface area contributed by atoms with E-state index < -0.39 is 23.8 Å². The summed E-state index contributed by atoms with van der Waals surface area (Å²) in [6.07, 6.45) is 0.420. The summed E-state index contributed by atoms with van der Waals surface area (Å²) >= 11 is 0. The van der Waals surface area contributed by atoms with E-state index in [9.17, 15) is 18.0 Å². The molecular weight excluding hydrogens is 461 g/mol. The van der Waals surface area contributed by atoms with Crippen molar-refractivity contribution in [2.45, 2.75) is 39.0 Å². The lowest BCUT2D eigenvalue weighted by Gasteiger charge is -2.45. The standard InChI is InChI=1S/C24H25F3N6O2/c1-14-12-33(19(23(34)35-4)13-32(14)20-11-28-9-10-29-20)22-16(3)15(2)21(30-31-22)17-5-7-18(8-6-17)24(25,26)27/h5-11,14,19H,12-13H2,1-4H3/t14?,19-/m1/s1. The van der Waals surface area contributed by atoms with Crippen molar-refractivity contribution in [2.75, 3.05) is 30.0 Å². The molecule has 3 heterocycles. The van der Waals surface area contributed by atoms with Crippen LogP contribution in [0.5, 0.6) is 0 Å². The lowest BCUT2D eigenvalue weighted by molar-refractivity contribution is -0.142. The number of methoxy groups -OCH3 is 1. The molecule has 0 radical (unpaired) electrons. The predicted molar refractivity (Wildman–Crippen MR) is 124 cm³/mol. The first-order valence-corrected chi connectivity index (χ1v) is 11.0. The third-order valence-corrected chi connectivity index (χ3v) is 6.31. The molecule has 3 aromatic rings. The number of hydrogen-bond acceptors (Lipinski definition) is 8. The molecule has 35 heavy (non-hydrogen) atoms. The minimum atomic E-state index is -4.41. The number of aromatic nitrogens is 4. The number of nitrogens with zero attached hydrogens (tertiary/aromatic N) is 6. The van der Waals surface area contributed by atoms with Crippen molar-refractivity contribution in [3.8, 4) is 11.3 Å². The van der Waals surface area contributed by atoms with E-state index in [1.54, 1.807) is 18.6 Å². The fourth-order valence-electron chi connectivity index (χ4n) is 4.26. The minimum Gasteiger partial charge on any atom is -0.467 e. The molecule has 1 aliphatic heterocycles. The lowest BCUT2D eigenvalue weighted by Crippen LogP contribution is -2.61. The van der Waals surface area contributed by atoms with Gasteiger partial charge in [-0.25, -0.2) is 9.78 Å². The normalized spacial score (nSPS) is 18.5. The molecule has 4 rings (SSSR count). The summed E-state index contributed by atoms with van der Waals surface area (Å²) in [5.74, 6) is 0.765. The highest BCUT2D eigenvalue weighted by Crippen LogP contribution is 2.34. The fraction of sp³-hybridized carbons (Fsp3) is 0.375. The molecule has 0 amide bonds. The highest BCUT2D eigenvalue weighted by molar-refractivity contribution is 5.82. The second kappa shape index (κ2) is 9.47. The second-order valence-electron chi connectivity index (χ2n) is 8.45. The Bertz CT molecular complexity index is 1200. The van der Waals surface area contributed by atoms with Gasteiger partial charge in [0.1, 0.15) is 11.9 Å². The van der Waals surface area contributed by atoms with Crippen molar-refractivity contribution >= 4 is 17.6 Å². The van der Waals surface area contributed by atoms with Gasteiger partial charge in [-0.15, -0.1) is 10.2 Å². The first-order chi connectivity index (χ1) is 16.6. The number of esters is 1. The number of rotatable bonds is 4. The summed E-state index contributed by atoms with van der Waals surface area (Å²) in [4.78, 5) is 25.1. The largest absolute Gasteiger partial charge is 0.467 e. The van der Waals surface area contributed by atoms with Crippen LogP contribution in [0.3, 0.4) is 0 Å². The van der Waals surface area contributed by atoms with Crippen LogP contribution in [0, 0.1) is 13.8 Å². The van der Waals surface area contributed by atoms with Gasteiger partial charge in [-0.2, -0.15) is 13.2 Å². The molecule has 11 heteroatoms. The van der Waals surface area contributed by atoms with Crippen molar-refractivity contribution in [1.82, 2.24) is 20.2 Å². The molecule has 1 aromatic carbocycles. The van der Waals surface area contributed by atoms with Gasteiger partial charge in [0.05, 0.1) is 31.1 Å². The average Bonchev–Trinajstić information content (AvgIpc) is 2.85. The number of hydrogen-bond donors (Lipinski definition) is 0. The summed E-state index contributed by atoms with van der Waals surface area (Å²) < 4.78 is 43.9. The Labute approximate surface area is 200 Å². The molecule has 0 spiro atoms. The zero-order valence-corrected chi connectivity index (χ0v) is 19.7. The Hall–Kier alpha value is -3.76. The Morgan fingerprint density at radius 1 is 1.03 bits per heavy atom. The van der Waals surface area contributed by atoms with E-state index in [0.717, 1.165) is 23.3 Å². The summed E-state index contributed by atoms with van der Waals surface area (Å²) in [6.45, 7) is 6.48. The molecule has 1 saturated heterocycles. The van der Waals surface area contributed by atoms with Crippen LogP contribution in [0.2, 0.25) is 0 Å². The molecule has 8 nitrogen and oxygen atoms in total. The van der Waals surface area contributed by atoms with E-state index in [1.807, 2.05) is 30.6 Å². The number of halogens is 3. The zero-order valence-electron chi connectivity index (χ0n) is 19.7. The average molecular weight is 486 g/mol. The SMILES string of the molecule is COC(=O)[C@H]1CN(c2cnccn2)C(C)CN1c1nnc(-c2ccc(C(F)(F)F)cc2)c(C)c1C. The van der Waals surface area contributed by atoms with E-state index >= 15 is 0 Å². The summed E-state index contributed by atoms with van der Waals surface area (Å²) in [5.41, 5.74) is 1.84. The topological polar surface area (TPSA) is 84.3 Å². The van der Waals surface area contributed by atoms with Gasteiger partial charge in [0.2, 0.25) is 0 Å². The van der Waals surface area contributed by atoms with Gasteiger partial charge in [0, 0.05) is 30.5 Å². The quantitative estimate of drug-likeness (QED) is 0.515. The minimum absolute atomic E-state index is 0.0244. The molecule has 1 aliphatic rings. The molecule has 0 aliphatic carbocycles. The predicted octanol–water partition coefficient (Wildman–Crippen LogP) is 3.83. The Morgan fingerprint density at radius 3 is 2.34 bits per heavy atom. The first-order valence-electron chi connectivity index (χ1n) is 11.0. The molecule has 0 saturated carbocycles. The van der Waals surface area contributed by atoms with Gasteiger partial charge in [-0.05, 0) is 44.0 Å². The Kier molecular flexibility index (Phi) is 6.60. The summed E-state index contributed by atoms with van der Waals surface area (Å²) in [7, 11) is 1.34. The number of ether oxygens (including phenoxy) is 1. The van der Waals surface area contributed by atoms with Crippen LogP contribution >= 0.6 is 0 Å². The number of alkyl halides is 3. The number of carbonyl (C=O) groups excluding carboxylic acids is 1. The molecule has 2 aromatic heterocycles. The monoisotopic (exact) mass is 486 g/mol. The van der Waals surface area contributed by atoms with Gasteiger partial charge in [0.15, 0.2) is 5.82 Å². The lowest BCUT2D eigenvalue weighted by atomic mass is 10.0. The van der Waals surface area contributed by atoms with E-state index in [0.29, 0.717) is 36.0 Å². The van der Waals surface area contributed by atoms with Crippen LogP contribution in [-0.2, 0) is 15.7 Å². The molecule has 0 N–H and O–H groups in total. The maximum atomic E-state index is 12.9. The van der Waals surface area contributed by atoms with E-state index in [4.69, 9.17) is 4.74 Å². The third-order valence-electron chi connectivity index (χ3n) is 6.31. The van der Waals surface area contributed by atoms with Crippen LogP contribution in [0.4, 0.5) is 24.8 Å². The molecule has 184 valence electrons. The van der Waals surface area contributed by atoms with Crippen molar-refractivity contribution in [1.29, 1.82) is 0 Å². The van der Waals surface area contributed by atoms with Crippen LogP contribution in [0.25, 0.3) is 11.3 Å². The van der Waals surface area contributed by atoms with Crippen LogP contribution < -0.4 is 9.80 Å². The molecule has 0 bridgehead atoms. The maximum absolute atomic E-state index is 12.9. The Balaban J connectivity index is 1.68. The second-order valence-corrected chi connectivity index (χ2v) is 8.45. The van der Waals surface area contributed by atoms with E-state index in [1.165, 1.54) is 19.2 Å². The van der Waals surface area contributed by atoms with Crippen molar-refractivity contribution < 1.29 is 22.7 Å². The van der Waals surface area contributed by atoms with Gasteiger partial charge >= 0.3 is 12.1 Å². The van der Waals surface area contributed by atoms with Crippen LogP contribution in [0.1, 0.15) is 23.6 Å². The van der Waals surface area contributed by atoms with Gasteiger partial charge in [-0.1, -0.05) is 12.1 Å². The smallest absolute Gasteiger partial charge is 0.416 e. The van der Waals surface area contributed by atoms with Crippen molar-refractivity contribution in [3.05, 3.63) is 59.5 Å². The van der Waals surface area contributed by atoms with Crippen LogP contribution in [-0.4, -0.2) is 58.4 Å². The molecule has 1 fully saturated rings. The first kappa shape index (κ1) is 24.4. The van der Waals surface area contributed by atoms with Gasteiger partial charge in [-0.3, -0.25) is 4.98 Å². The zero-order chi connectivity index (χ0) is 25.3. The van der Waals surface area contributed by atoms with Crippen molar-refractivity contribution in [2.24, 2.45) is 0 Å². The molecular formula is C24H25F3N6O2. The van der Waals surface area contributed by atoms with Gasteiger partial charge in [0.25, 0.3) is 0 Å². The van der Waals surface area contributed by atoms with E-state index in [2.05, 4.69) is 20.2 Å².